The monoisotopic (exact) mass is 327 g/mol. The van der Waals surface area contributed by atoms with Gasteiger partial charge in [0, 0.05) is 23.0 Å². The minimum Gasteiger partial charge on any atom is -0.504 e. The largest absolute Gasteiger partial charge is 0.504 e. The molecule has 2 aromatic carbocycles. The molecular formula is C19H21NO2S. The van der Waals surface area contributed by atoms with Gasteiger partial charge in [-0.3, -0.25) is 4.90 Å². The standard InChI is InChI=1S/C19H21NO2S/c1-20-7-6-12-8-13(23-3)10-14-17(12)15(20)9-11-4-5-16(22-2)19(21)18(11)14/h4-5,8,10,15,21H,6-7,9H2,1-3H3/t15-/m1/s1. The summed E-state index contributed by atoms with van der Waals surface area (Å²) in [5, 5.41) is 10.7. The third-order valence-electron chi connectivity index (χ3n) is 5.20. The summed E-state index contributed by atoms with van der Waals surface area (Å²) in [5.74, 6) is 0.826. The molecule has 0 unspecified atom stereocenters. The maximum absolute atomic E-state index is 10.7. The zero-order valence-electron chi connectivity index (χ0n) is 13.7. The van der Waals surface area contributed by atoms with E-state index in [4.69, 9.17) is 4.74 Å². The summed E-state index contributed by atoms with van der Waals surface area (Å²) >= 11 is 1.76. The molecule has 0 spiro atoms. The van der Waals surface area contributed by atoms with Gasteiger partial charge in [-0.2, -0.15) is 0 Å². The maximum Gasteiger partial charge on any atom is 0.165 e. The molecular weight excluding hydrogens is 306 g/mol. The van der Waals surface area contributed by atoms with Gasteiger partial charge in [-0.1, -0.05) is 6.07 Å². The number of ether oxygens (including phenoxy) is 1. The lowest BCUT2D eigenvalue weighted by atomic mass is 9.77. The van der Waals surface area contributed by atoms with Gasteiger partial charge in [0.15, 0.2) is 11.5 Å². The average Bonchev–Trinajstić information content (AvgIpc) is 2.57. The van der Waals surface area contributed by atoms with Crippen LogP contribution in [0.1, 0.15) is 22.7 Å². The smallest absolute Gasteiger partial charge is 0.165 e. The van der Waals surface area contributed by atoms with Crippen LogP contribution >= 0.6 is 11.8 Å². The van der Waals surface area contributed by atoms with Crippen LogP contribution in [0.4, 0.5) is 0 Å². The number of hydrogen-bond donors (Lipinski definition) is 1. The molecule has 1 N–H and O–H groups in total. The van der Waals surface area contributed by atoms with Crippen molar-refractivity contribution in [1.82, 2.24) is 4.90 Å². The number of phenols is 1. The van der Waals surface area contributed by atoms with Gasteiger partial charge in [0.25, 0.3) is 0 Å². The molecule has 0 fully saturated rings. The van der Waals surface area contributed by atoms with Crippen molar-refractivity contribution in [1.29, 1.82) is 0 Å². The lowest BCUT2D eigenvalue weighted by Gasteiger charge is -2.40. The number of nitrogens with zero attached hydrogens (tertiary/aromatic N) is 1. The molecule has 2 aliphatic rings. The van der Waals surface area contributed by atoms with Gasteiger partial charge in [-0.05, 0) is 66.6 Å². The number of rotatable bonds is 2. The molecule has 0 amide bonds. The van der Waals surface area contributed by atoms with Gasteiger partial charge >= 0.3 is 0 Å². The Hall–Kier alpha value is -1.65. The van der Waals surface area contributed by atoms with Gasteiger partial charge in [0.05, 0.1) is 7.11 Å². The third-order valence-corrected chi connectivity index (χ3v) is 5.91. The quantitative estimate of drug-likeness (QED) is 0.849. The van der Waals surface area contributed by atoms with Crippen LogP contribution in [0.5, 0.6) is 11.5 Å². The Balaban J connectivity index is 2.04. The molecule has 4 rings (SSSR count). The Morgan fingerprint density at radius 3 is 2.83 bits per heavy atom. The van der Waals surface area contributed by atoms with Crippen LogP contribution in [0, 0.1) is 0 Å². The van der Waals surface area contributed by atoms with E-state index in [2.05, 4.69) is 36.4 Å². The molecule has 2 aromatic rings. The van der Waals surface area contributed by atoms with Crippen LogP contribution < -0.4 is 4.74 Å². The molecule has 23 heavy (non-hydrogen) atoms. The van der Waals surface area contributed by atoms with Crippen molar-refractivity contribution in [3.8, 4) is 22.6 Å². The molecule has 0 aromatic heterocycles. The number of aromatic hydroxyl groups is 1. The van der Waals surface area contributed by atoms with Crippen molar-refractivity contribution in [2.45, 2.75) is 23.8 Å². The Morgan fingerprint density at radius 1 is 1.26 bits per heavy atom. The van der Waals surface area contributed by atoms with Gasteiger partial charge in [0.2, 0.25) is 0 Å². The topological polar surface area (TPSA) is 32.7 Å². The summed E-state index contributed by atoms with van der Waals surface area (Å²) in [6, 6.07) is 8.94. The Morgan fingerprint density at radius 2 is 2.09 bits per heavy atom. The van der Waals surface area contributed by atoms with E-state index in [1.165, 1.54) is 27.1 Å². The molecule has 120 valence electrons. The van der Waals surface area contributed by atoms with Crippen molar-refractivity contribution < 1.29 is 9.84 Å². The number of hydrogen-bond acceptors (Lipinski definition) is 4. The minimum atomic E-state index is 0.275. The third kappa shape index (κ3) is 2.16. The van der Waals surface area contributed by atoms with E-state index in [1.807, 2.05) is 6.07 Å². The van der Waals surface area contributed by atoms with E-state index in [-0.39, 0.29) is 5.75 Å². The predicted molar refractivity (Wildman–Crippen MR) is 94.7 cm³/mol. The SMILES string of the molecule is COc1ccc2c(c1O)-c1cc(SC)cc3c1[C@@H](C2)N(C)CC3. The van der Waals surface area contributed by atoms with E-state index in [9.17, 15) is 5.11 Å². The van der Waals surface area contributed by atoms with Crippen molar-refractivity contribution in [2.75, 3.05) is 27.0 Å². The highest BCUT2D eigenvalue weighted by molar-refractivity contribution is 7.98. The second-order valence-corrected chi connectivity index (χ2v) is 7.23. The molecule has 0 saturated carbocycles. The fourth-order valence-corrected chi connectivity index (χ4v) is 4.49. The maximum atomic E-state index is 10.7. The first-order valence-electron chi connectivity index (χ1n) is 7.94. The first-order chi connectivity index (χ1) is 11.1. The fraction of sp³-hybridized carbons (Fsp3) is 0.368. The first kappa shape index (κ1) is 14.9. The van der Waals surface area contributed by atoms with Crippen LogP contribution in [0.15, 0.2) is 29.2 Å². The number of methoxy groups -OCH3 is 1. The van der Waals surface area contributed by atoms with Crippen LogP contribution in [0.25, 0.3) is 11.1 Å². The molecule has 0 radical (unpaired) electrons. The molecule has 4 heteroatoms. The number of thioether (sulfide) groups is 1. The summed E-state index contributed by atoms with van der Waals surface area (Å²) in [5.41, 5.74) is 6.18. The van der Waals surface area contributed by atoms with Gasteiger partial charge in [-0.15, -0.1) is 11.8 Å². The number of benzene rings is 2. The highest BCUT2D eigenvalue weighted by atomic mass is 32.2. The fourth-order valence-electron chi connectivity index (χ4n) is 4.00. The van der Waals surface area contributed by atoms with E-state index in [0.717, 1.165) is 24.9 Å². The summed E-state index contributed by atoms with van der Waals surface area (Å²) in [4.78, 5) is 3.70. The molecule has 1 heterocycles. The van der Waals surface area contributed by atoms with Crippen molar-refractivity contribution in [3.63, 3.8) is 0 Å². The van der Waals surface area contributed by atoms with Crippen molar-refractivity contribution in [2.24, 2.45) is 0 Å². The first-order valence-corrected chi connectivity index (χ1v) is 9.16. The lowest BCUT2D eigenvalue weighted by Crippen LogP contribution is -2.35. The van der Waals surface area contributed by atoms with Gasteiger partial charge in [-0.25, -0.2) is 0 Å². The second-order valence-electron chi connectivity index (χ2n) is 6.35. The van der Waals surface area contributed by atoms with E-state index in [1.54, 1.807) is 18.9 Å². The Labute approximate surface area is 141 Å². The highest BCUT2D eigenvalue weighted by Crippen LogP contribution is 2.51. The Kier molecular flexibility index (Phi) is 3.54. The zero-order chi connectivity index (χ0) is 16.1. The summed E-state index contributed by atoms with van der Waals surface area (Å²) in [6.45, 7) is 1.09. The van der Waals surface area contributed by atoms with E-state index < -0.39 is 0 Å². The van der Waals surface area contributed by atoms with Gasteiger partial charge in [0.1, 0.15) is 0 Å². The molecule has 0 bridgehead atoms. The summed E-state index contributed by atoms with van der Waals surface area (Å²) < 4.78 is 5.34. The van der Waals surface area contributed by atoms with Crippen LogP contribution in [-0.2, 0) is 12.8 Å². The van der Waals surface area contributed by atoms with Crippen molar-refractivity contribution in [3.05, 3.63) is 41.0 Å². The molecule has 1 aliphatic heterocycles. The van der Waals surface area contributed by atoms with E-state index >= 15 is 0 Å². The summed E-state index contributed by atoms with van der Waals surface area (Å²) in [6.07, 6.45) is 4.13. The molecule has 1 aliphatic carbocycles. The van der Waals surface area contributed by atoms with Crippen LogP contribution in [0.3, 0.4) is 0 Å². The second kappa shape index (κ2) is 5.46. The normalized spacial score (nSPS) is 19.2. The molecule has 1 atom stereocenters. The highest BCUT2D eigenvalue weighted by Gasteiger charge is 2.34. The predicted octanol–water partition coefficient (Wildman–Crippen LogP) is 3.87. The average molecular weight is 327 g/mol. The Bertz CT molecular complexity index is 787. The zero-order valence-corrected chi connectivity index (χ0v) is 14.5. The summed E-state index contributed by atoms with van der Waals surface area (Å²) in [7, 11) is 3.81. The van der Waals surface area contributed by atoms with E-state index in [0.29, 0.717) is 11.8 Å². The minimum absolute atomic E-state index is 0.275. The molecule has 0 saturated heterocycles. The lowest BCUT2D eigenvalue weighted by molar-refractivity contribution is 0.227. The number of phenolic OH excluding ortho intramolecular Hbond substituents is 1. The van der Waals surface area contributed by atoms with Crippen LogP contribution in [0.2, 0.25) is 0 Å². The van der Waals surface area contributed by atoms with Gasteiger partial charge < -0.3 is 9.84 Å². The number of likely N-dealkylation sites (N-methyl/N-ethyl adjacent to an activating group) is 1. The molecule has 3 nitrogen and oxygen atoms in total. The van der Waals surface area contributed by atoms with Crippen LogP contribution in [-0.4, -0.2) is 37.0 Å². The van der Waals surface area contributed by atoms with Crippen molar-refractivity contribution >= 4 is 11.8 Å². The number of fused-ring (bicyclic) bond motifs is 2.